The van der Waals surface area contributed by atoms with E-state index in [0.717, 1.165) is 5.69 Å². The summed E-state index contributed by atoms with van der Waals surface area (Å²) in [5.41, 5.74) is 1.03. The fourth-order valence-corrected chi connectivity index (χ4v) is 1.76. The lowest BCUT2D eigenvalue weighted by molar-refractivity contribution is 0.234. The molecule has 100 valence electrons. The number of ether oxygens (including phenoxy) is 1. The lowest BCUT2D eigenvalue weighted by Gasteiger charge is -2.16. The molecule has 0 aromatic heterocycles. The third-order valence-corrected chi connectivity index (χ3v) is 2.90. The highest BCUT2D eigenvalue weighted by Crippen LogP contribution is 2.21. The Labute approximate surface area is 117 Å². The van der Waals surface area contributed by atoms with E-state index in [1.165, 1.54) is 12.1 Å². The summed E-state index contributed by atoms with van der Waals surface area (Å²) in [5.74, 6) is 0.00615. The zero-order valence-corrected chi connectivity index (χ0v) is 11.3. The molecule has 1 atom stereocenters. The molecule has 0 aliphatic heterocycles. The van der Waals surface area contributed by atoms with Crippen molar-refractivity contribution in [3.63, 3.8) is 0 Å². The molecule has 2 nitrogen and oxygen atoms in total. The van der Waals surface area contributed by atoms with Gasteiger partial charge < -0.3 is 10.1 Å². The van der Waals surface area contributed by atoms with Crippen molar-refractivity contribution in [2.45, 2.75) is 13.0 Å². The van der Waals surface area contributed by atoms with Gasteiger partial charge in [-0.3, -0.25) is 0 Å². The Hall–Kier alpha value is -1.74. The number of nitrogens with one attached hydrogen (secondary N) is 1. The molecule has 0 saturated carbocycles. The molecule has 0 bridgehead atoms. The molecule has 19 heavy (non-hydrogen) atoms. The van der Waals surface area contributed by atoms with Gasteiger partial charge in [0, 0.05) is 11.8 Å². The molecule has 0 amide bonds. The van der Waals surface area contributed by atoms with Crippen molar-refractivity contribution in [3.8, 4) is 5.75 Å². The predicted molar refractivity (Wildman–Crippen MR) is 76.4 cm³/mol. The average Bonchev–Trinajstić information content (AvgIpc) is 2.42. The van der Waals surface area contributed by atoms with Gasteiger partial charge in [-0.05, 0) is 31.2 Å². The Morgan fingerprint density at radius 1 is 1.21 bits per heavy atom. The van der Waals surface area contributed by atoms with Crippen LogP contribution >= 0.6 is 11.6 Å². The van der Waals surface area contributed by atoms with E-state index in [9.17, 15) is 4.39 Å². The Kier molecular flexibility index (Phi) is 4.63. The van der Waals surface area contributed by atoms with E-state index >= 15 is 0 Å². The number of rotatable bonds is 5. The summed E-state index contributed by atoms with van der Waals surface area (Å²) in [6.07, 6.45) is -0.0826. The minimum Gasteiger partial charge on any atom is -0.489 e. The van der Waals surface area contributed by atoms with E-state index in [1.807, 2.05) is 37.3 Å². The molecule has 0 aliphatic rings. The highest BCUT2D eigenvalue weighted by molar-refractivity contribution is 6.30. The van der Waals surface area contributed by atoms with Crippen LogP contribution < -0.4 is 10.1 Å². The summed E-state index contributed by atoms with van der Waals surface area (Å²) in [4.78, 5) is 0. The molecule has 0 fully saturated rings. The molecular weight excluding hydrogens is 265 g/mol. The van der Waals surface area contributed by atoms with Gasteiger partial charge >= 0.3 is 0 Å². The second-order valence-electron chi connectivity index (χ2n) is 4.25. The maximum absolute atomic E-state index is 13.3. The molecule has 2 aromatic carbocycles. The van der Waals surface area contributed by atoms with Crippen molar-refractivity contribution in [3.05, 3.63) is 59.4 Å². The maximum Gasteiger partial charge on any atom is 0.145 e. The molecule has 0 aliphatic carbocycles. The molecule has 0 radical (unpaired) electrons. The Morgan fingerprint density at radius 3 is 2.63 bits per heavy atom. The molecule has 0 heterocycles. The van der Waals surface area contributed by atoms with Crippen LogP contribution in [0.25, 0.3) is 0 Å². The first kappa shape index (κ1) is 13.7. The molecule has 4 heteroatoms. The number of para-hydroxylation sites is 1. The summed E-state index contributed by atoms with van der Waals surface area (Å²) in [5, 5.41) is 3.35. The Bertz CT molecular complexity index is 533. The van der Waals surface area contributed by atoms with E-state index in [1.54, 1.807) is 6.07 Å². The van der Waals surface area contributed by atoms with Gasteiger partial charge in [-0.1, -0.05) is 29.8 Å². The minimum atomic E-state index is -0.470. The lowest BCUT2D eigenvalue weighted by Crippen LogP contribution is -2.22. The molecule has 0 spiro atoms. The number of hydrogen-bond donors (Lipinski definition) is 1. The van der Waals surface area contributed by atoms with Crippen molar-refractivity contribution in [2.24, 2.45) is 0 Å². The van der Waals surface area contributed by atoms with Crippen LogP contribution in [0, 0.1) is 5.82 Å². The number of anilines is 1. The Balaban J connectivity index is 1.87. The van der Waals surface area contributed by atoms with Crippen LogP contribution in [0.2, 0.25) is 5.02 Å². The van der Waals surface area contributed by atoms with Gasteiger partial charge in [0.05, 0.1) is 11.6 Å². The van der Waals surface area contributed by atoms with Crippen LogP contribution in [-0.4, -0.2) is 12.6 Å². The van der Waals surface area contributed by atoms with Gasteiger partial charge in [0.1, 0.15) is 17.7 Å². The summed E-state index contributed by atoms with van der Waals surface area (Å²) in [6.45, 7) is 2.55. The van der Waals surface area contributed by atoms with Crippen LogP contribution in [0.5, 0.6) is 5.75 Å². The highest BCUT2D eigenvalue weighted by atomic mass is 35.5. The van der Waals surface area contributed by atoms with Crippen LogP contribution in [0.4, 0.5) is 10.1 Å². The first-order valence-electron chi connectivity index (χ1n) is 6.06. The third kappa shape index (κ3) is 4.14. The van der Waals surface area contributed by atoms with Crippen LogP contribution in [-0.2, 0) is 0 Å². The van der Waals surface area contributed by atoms with Gasteiger partial charge in [0.25, 0.3) is 0 Å². The Morgan fingerprint density at radius 2 is 1.95 bits per heavy atom. The van der Waals surface area contributed by atoms with Gasteiger partial charge in [-0.2, -0.15) is 0 Å². The zero-order valence-electron chi connectivity index (χ0n) is 10.6. The largest absolute Gasteiger partial charge is 0.489 e. The number of halogens is 2. The first-order chi connectivity index (χ1) is 9.15. The van der Waals surface area contributed by atoms with Gasteiger partial charge in [-0.25, -0.2) is 4.39 Å². The quantitative estimate of drug-likeness (QED) is 0.878. The van der Waals surface area contributed by atoms with E-state index in [4.69, 9.17) is 16.3 Å². The molecule has 2 aromatic rings. The fourth-order valence-electron chi connectivity index (χ4n) is 1.64. The topological polar surface area (TPSA) is 21.3 Å². The van der Waals surface area contributed by atoms with Crippen molar-refractivity contribution in [1.82, 2.24) is 0 Å². The van der Waals surface area contributed by atoms with Crippen LogP contribution in [0.3, 0.4) is 0 Å². The summed E-state index contributed by atoms with van der Waals surface area (Å²) in [6, 6.07) is 14.3. The van der Waals surface area contributed by atoms with E-state index in [0.29, 0.717) is 12.3 Å². The lowest BCUT2D eigenvalue weighted by atomic mass is 10.3. The number of hydrogen-bond acceptors (Lipinski definition) is 2. The SMILES string of the molecule is CC(CNc1ccccc1)Oc1ccc(Cl)c(F)c1. The minimum absolute atomic E-state index is 0.0826. The molecular formula is C15H15ClFNO. The zero-order chi connectivity index (χ0) is 13.7. The van der Waals surface area contributed by atoms with Gasteiger partial charge in [0.15, 0.2) is 0 Å². The third-order valence-electron chi connectivity index (χ3n) is 2.60. The monoisotopic (exact) mass is 279 g/mol. The molecule has 1 unspecified atom stereocenters. The summed E-state index contributed by atoms with van der Waals surface area (Å²) < 4.78 is 18.9. The second kappa shape index (κ2) is 6.43. The average molecular weight is 280 g/mol. The maximum atomic E-state index is 13.3. The van der Waals surface area contributed by atoms with E-state index < -0.39 is 5.82 Å². The van der Waals surface area contributed by atoms with Crippen molar-refractivity contribution < 1.29 is 9.13 Å². The van der Waals surface area contributed by atoms with Crippen molar-refractivity contribution >= 4 is 17.3 Å². The normalized spacial score (nSPS) is 11.9. The molecule has 2 rings (SSSR count). The van der Waals surface area contributed by atoms with E-state index in [2.05, 4.69) is 5.32 Å². The van der Waals surface area contributed by atoms with Crippen molar-refractivity contribution in [2.75, 3.05) is 11.9 Å². The van der Waals surface area contributed by atoms with Crippen molar-refractivity contribution in [1.29, 1.82) is 0 Å². The van der Waals surface area contributed by atoms with Gasteiger partial charge in [-0.15, -0.1) is 0 Å². The summed E-state index contributed by atoms with van der Waals surface area (Å²) >= 11 is 5.62. The van der Waals surface area contributed by atoms with Crippen LogP contribution in [0.15, 0.2) is 48.5 Å². The molecule has 1 N–H and O–H groups in total. The van der Waals surface area contributed by atoms with Crippen LogP contribution in [0.1, 0.15) is 6.92 Å². The first-order valence-corrected chi connectivity index (χ1v) is 6.43. The van der Waals surface area contributed by atoms with Gasteiger partial charge in [0.2, 0.25) is 0 Å². The molecule has 0 saturated heterocycles. The smallest absolute Gasteiger partial charge is 0.145 e. The fraction of sp³-hybridized carbons (Fsp3) is 0.200. The standard InChI is InChI=1S/C15H15ClFNO/c1-11(10-18-12-5-3-2-4-6-12)19-13-7-8-14(16)15(17)9-13/h2-9,11,18H,10H2,1H3. The number of benzene rings is 2. The highest BCUT2D eigenvalue weighted by Gasteiger charge is 2.06. The second-order valence-corrected chi connectivity index (χ2v) is 4.66. The predicted octanol–water partition coefficient (Wildman–Crippen LogP) is 4.36. The summed E-state index contributed by atoms with van der Waals surface area (Å²) in [7, 11) is 0. The van der Waals surface area contributed by atoms with E-state index in [-0.39, 0.29) is 11.1 Å².